The van der Waals surface area contributed by atoms with Gasteiger partial charge in [-0.25, -0.2) is 0 Å². The summed E-state index contributed by atoms with van der Waals surface area (Å²) in [6.07, 6.45) is 1.71. The summed E-state index contributed by atoms with van der Waals surface area (Å²) in [5.41, 5.74) is 1.24. The standard InChI is InChI=1S/C16H19N3OS2/c1-19(2)10-11-22-13-7-5-12(6-8-13)18-15(20)14-4-3-9-17-16(14)21/h3-9H,10-11H2,1-2H3,(H,17,21)(H,18,20). The Morgan fingerprint density at radius 2 is 2.00 bits per heavy atom. The molecule has 2 N–H and O–H groups in total. The largest absolute Gasteiger partial charge is 0.352 e. The third kappa shape index (κ3) is 4.98. The maximum Gasteiger partial charge on any atom is 0.258 e. The molecule has 4 nitrogen and oxygen atoms in total. The summed E-state index contributed by atoms with van der Waals surface area (Å²) in [6, 6.07) is 11.3. The SMILES string of the molecule is CN(C)CCSc1ccc(NC(=O)c2ccc[nH]c2=S)cc1. The van der Waals surface area contributed by atoms with Gasteiger partial charge in [0.25, 0.3) is 5.91 Å². The van der Waals surface area contributed by atoms with Crippen LogP contribution in [-0.4, -0.2) is 42.2 Å². The number of pyridine rings is 1. The zero-order chi connectivity index (χ0) is 15.9. The molecule has 0 atom stereocenters. The summed E-state index contributed by atoms with van der Waals surface area (Å²) >= 11 is 6.91. The van der Waals surface area contributed by atoms with E-state index < -0.39 is 0 Å². The molecule has 2 aromatic rings. The molecule has 0 aliphatic heterocycles. The van der Waals surface area contributed by atoms with Crippen molar-refractivity contribution in [2.45, 2.75) is 4.90 Å². The van der Waals surface area contributed by atoms with Crippen LogP contribution in [0.4, 0.5) is 5.69 Å². The van der Waals surface area contributed by atoms with Crippen molar-refractivity contribution in [2.75, 3.05) is 31.7 Å². The average Bonchev–Trinajstić information content (AvgIpc) is 2.49. The van der Waals surface area contributed by atoms with Crippen LogP contribution >= 0.6 is 24.0 Å². The number of hydrogen-bond donors (Lipinski definition) is 2. The maximum absolute atomic E-state index is 12.2. The molecule has 6 heteroatoms. The zero-order valence-electron chi connectivity index (χ0n) is 12.6. The van der Waals surface area contributed by atoms with E-state index in [1.54, 1.807) is 30.1 Å². The topological polar surface area (TPSA) is 48.1 Å². The molecule has 1 heterocycles. The van der Waals surface area contributed by atoms with Crippen LogP contribution in [0.25, 0.3) is 0 Å². The fourth-order valence-corrected chi connectivity index (χ4v) is 3.03. The van der Waals surface area contributed by atoms with E-state index in [9.17, 15) is 4.79 Å². The van der Waals surface area contributed by atoms with Gasteiger partial charge in [0, 0.05) is 29.1 Å². The van der Waals surface area contributed by atoms with Crippen LogP contribution in [0.1, 0.15) is 10.4 Å². The Bertz CT molecular complexity index is 680. The van der Waals surface area contributed by atoms with Crippen molar-refractivity contribution in [1.82, 2.24) is 9.88 Å². The average molecular weight is 333 g/mol. The number of anilines is 1. The van der Waals surface area contributed by atoms with Crippen molar-refractivity contribution in [3.8, 4) is 0 Å². The van der Waals surface area contributed by atoms with E-state index in [1.165, 1.54) is 4.90 Å². The van der Waals surface area contributed by atoms with E-state index in [4.69, 9.17) is 12.2 Å². The number of aromatic nitrogens is 1. The molecule has 1 amide bonds. The number of carbonyl (C=O) groups excluding carboxylic acids is 1. The molecule has 1 aromatic heterocycles. The molecule has 0 radical (unpaired) electrons. The Balaban J connectivity index is 1.95. The van der Waals surface area contributed by atoms with Gasteiger partial charge in [-0.15, -0.1) is 11.8 Å². The van der Waals surface area contributed by atoms with E-state index in [-0.39, 0.29) is 5.91 Å². The number of rotatable bonds is 6. The van der Waals surface area contributed by atoms with Crippen LogP contribution in [-0.2, 0) is 0 Å². The first-order valence-electron chi connectivity index (χ1n) is 6.93. The van der Waals surface area contributed by atoms with Gasteiger partial charge in [0.05, 0.1) is 5.56 Å². The number of amides is 1. The number of H-pyrrole nitrogens is 1. The van der Waals surface area contributed by atoms with Crippen molar-refractivity contribution in [3.05, 3.63) is 52.8 Å². The number of aromatic amines is 1. The highest BCUT2D eigenvalue weighted by Gasteiger charge is 2.07. The first kappa shape index (κ1) is 16.7. The van der Waals surface area contributed by atoms with Gasteiger partial charge >= 0.3 is 0 Å². The highest BCUT2D eigenvalue weighted by Crippen LogP contribution is 2.20. The molecule has 0 saturated heterocycles. The lowest BCUT2D eigenvalue weighted by Crippen LogP contribution is -2.14. The smallest absolute Gasteiger partial charge is 0.258 e. The lowest BCUT2D eigenvalue weighted by Gasteiger charge is -2.09. The van der Waals surface area contributed by atoms with Crippen LogP contribution in [0.2, 0.25) is 0 Å². The zero-order valence-corrected chi connectivity index (χ0v) is 14.3. The van der Waals surface area contributed by atoms with Gasteiger partial charge in [-0.1, -0.05) is 12.2 Å². The summed E-state index contributed by atoms with van der Waals surface area (Å²) in [5.74, 6) is 0.840. The predicted octanol–water partition coefficient (Wildman–Crippen LogP) is 3.65. The minimum atomic E-state index is -0.199. The Hall–Kier alpha value is -1.63. The van der Waals surface area contributed by atoms with Gasteiger partial charge in [-0.3, -0.25) is 4.79 Å². The van der Waals surface area contributed by atoms with Crippen molar-refractivity contribution < 1.29 is 4.79 Å². The number of carbonyl (C=O) groups is 1. The number of hydrogen-bond acceptors (Lipinski definition) is 4. The second kappa shape index (κ2) is 8.12. The summed E-state index contributed by atoms with van der Waals surface area (Å²) < 4.78 is 0.441. The highest BCUT2D eigenvalue weighted by molar-refractivity contribution is 7.99. The van der Waals surface area contributed by atoms with Gasteiger partial charge in [0.1, 0.15) is 4.64 Å². The minimum Gasteiger partial charge on any atom is -0.352 e. The molecular formula is C16H19N3OS2. The first-order chi connectivity index (χ1) is 10.6. The Kier molecular flexibility index (Phi) is 6.18. The van der Waals surface area contributed by atoms with Gasteiger partial charge in [-0.05, 0) is 50.5 Å². The van der Waals surface area contributed by atoms with E-state index in [2.05, 4.69) is 29.3 Å². The monoisotopic (exact) mass is 333 g/mol. The van der Waals surface area contributed by atoms with E-state index in [0.29, 0.717) is 10.2 Å². The summed E-state index contributed by atoms with van der Waals surface area (Å²) in [7, 11) is 4.13. The van der Waals surface area contributed by atoms with Crippen molar-refractivity contribution in [2.24, 2.45) is 0 Å². The molecule has 0 saturated carbocycles. The third-order valence-corrected chi connectivity index (χ3v) is 4.31. The molecule has 0 unspecified atom stereocenters. The van der Waals surface area contributed by atoms with Crippen LogP contribution in [0.3, 0.4) is 0 Å². The van der Waals surface area contributed by atoms with Gasteiger partial charge in [0.2, 0.25) is 0 Å². The minimum absolute atomic E-state index is 0.199. The van der Waals surface area contributed by atoms with E-state index >= 15 is 0 Å². The normalized spacial score (nSPS) is 10.7. The van der Waals surface area contributed by atoms with Crippen molar-refractivity contribution in [3.63, 3.8) is 0 Å². The Labute approximate surface area is 139 Å². The molecule has 0 spiro atoms. The summed E-state index contributed by atoms with van der Waals surface area (Å²) in [6.45, 7) is 1.04. The molecule has 22 heavy (non-hydrogen) atoms. The molecule has 116 valence electrons. The second-order valence-corrected chi connectivity index (χ2v) is 6.62. The quantitative estimate of drug-likeness (QED) is 0.626. The molecule has 0 aliphatic rings. The molecular weight excluding hydrogens is 314 g/mol. The third-order valence-electron chi connectivity index (χ3n) is 2.98. The second-order valence-electron chi connectivity index (χ2n) is 5.04. The molecule has 1 aromatic carbocycles. The lowest BCUT2D eigenvalue weighted by atomic mass is 10.2. The summed E-state index contributed by atoms with van der Waals surface area (Å²) in [4.78, 5) is 18.4. The number of nitrogens with one attached hydrogen (secondary N) is 2. The van der Waals surface area contributed by atoms with Crippen molar-refractivity contribution in [1.29, 1.82) is 0 Å². The van der Waals surface area contributed by atoms with Crippen LogP contribution in [0.5, 0.6) is 0 Å². The van der Waals surface area contributed by atoms with E-state index in [0.717, 1.165) is 18.0 Å². The number of nitrogens with zero attached hydrogens (tertiary/aromatic N) is 1. The van der Waals surface area contributed by atoms with Crippen LogP contribution in [0.15, 0.2) is 47.5 Å². The Morgan fingerprint density at radius 1 is 1.27 bits per heavy atom. The van der Waals surface area contributed by atoms with Gasteiger partial charge < -0.3 is 15.2 Å². The maximum atomic E-state index is 12.2. The fraction of sp³-hybridized carbons (Fsp3) is 0.250. The molecule has 0 aliphatic carbocycles. The predicted molar refractivity (Wildman–Crippen MR) is 95.3 cm³/mol. The first-order valence-corrected chi connectivity index (χ1v) is 8.32. The Morgan fingerprint density at radius 3 is 2.64 bits per heavy atom. The number of benzene rings is 1. The molecule has 0 fully saturated rings. The lowest BCUT2D eigenvalue weighted by molar-refractivity contribution is 0.102. The fourth-order valence-electron chi connectivity index (χ4n) is 1.78. The molecule has 0 bridgehead atoms. The highest BCUT2D eigenvalue weighted by atomic mass is 32.2. The van der Waals surface area contributed by atoms with Crippen molar-refractivity contribution >= 4 is 35.6 Å². The van der Waals surface area contributed by atoms with Crippen LogP contribution in [0, 0.1) is 4.64 Å². The van der Waals surface area contributed by atoms with E-state index in [1.807, 2.05) is 24.3 Å². The van der Waals surface area contributed by atoms with Gasteiger partial charge in [-0.2, -0.15) is 0 Å². The molecule has 2 rings (SSSR count). The van der Waals surface area contributed by atoms with Crippen LogP contribution < -0.4 is 5.32 Å². The van der Waals surface area contributed by atoms with Gasteiger partial charge in [0.15, 0.2) is 0 Å². The summed E-state index contributed by atoms with van der Waals surface area (Å²) in [5, 5.41) is 2.86. The number of thioether (sulfide) groups is 1.